The van der Waals surface area contributed by atoms with Crippen LogP contribution in [0.4, 0.5) is 5.13 Å². The van der Waals surface area contributed by atoms with Crippen molar-refractivity contribution >= 4 is 16.5 Å². The van der Waals surface area contributed by atoms with Crippen LogP contribution in [0.15, 0.2) is 0 Å². The van der Waals surface area contributed by atoms with Crippen LogP contribution >= 0.6 is 11.3 Å². The van der Waals surface area contributed by atoms with Gasteiger partial charge in [0.1, 0.15) is 0 Å². The van der Waals surface area contributed by atoms with Crippen LogP contribution in [0.25, 0.3) is 0 Å². The van der Waals surface area contributed by atoms with Gasteiger partial charge in [-0.25, -0.2) is 4.98 Å². The molecule has 0 atom stereocenters. The van der Waals surface area contributed by atoms with Gasteiger partial charge in [0.25, 0.3) is 0 Å². The summed E-state index contributed by atoms with van der Waals surface area (Å²) in [5, 5.41) is 4.70. The Labute approximate surface area is 132 Å². The normalized spacial score (nSPS) is 16.9. The number of hydrogen-bond acceptors (Lipinski definition) is 5. The number of thiazole rings is 1. The number of nitrogens with one attached hydrogen (secondary N) is 1. The van der Waals surface area contributed by atoms with Gasteiger partial charge in [-0.1, -0.05) is 20.8 Å². The number of methoxy groups -OCH3 is 1. The lowest BCUT2D eigenvalue weighted by atomic mass is 10.00. The molecule has 0 spiro atoms. The van der Waals surface area contributed by atoms with Crippen LogP contribution in [-0.2, 0) is 17.9 Å². The van der Waals surface area contributed by atoms with Gasteiger partial charge >= 0.3 is 0 Å². The second-order valence-corrected chi connectivity index (χ2v) is 7.56. The predicted molar refractivity (Wildman–Crippen MR) is 90.0 cm³/mol. The molecule has 0 aromatic carbocycles. The van der Waals surface area contributed by atoms with E-state index >= 15 is 0 Å². The minimum atomic E-state index is 0.611. The zero-order valence-corrected chi connectivity index (χ0v) is 14.6. The molecule has 2 heterocycles. The topological polar surface area (TPSA) is 37.4 Å². The Morgan fingerprint density at radius 2 is 2.10 bits per heavy atom. The van der Waals surface area contributed by atoms with Crippen LogP contribution in [-0.4, -0.2) is 31.7 Å². The molecule has 1 saturated heterocycles. The van der Waals surface area contributed by atoms with Gasteiger partial charge < -0.3 is 15.0 Å². The van der Waals surface area contributed by atoms with Crippen molar-refractivity contribution in [2.45, 2.75) is 46.8 Å². The quantitative estimate of drug-likeness (QED) is 0.838. The van der Waals surface area contributed by atoms with E-state index in [1.54, 1.807) is 7.11 Å². The fourth-order valence-electron chi connectivity index (χ4n) is 2.57. The summed E-state index contributed by atoms with van der Waals surface area (Å²) in [6, 6.07) is 0. The van der Waals surface area contributed by atoms with E-state index in [4.69, 9.17) is 9.72 Å². The van der Waals surface area contributed by atoms with Crippen molar-refractivity contribution in [1.82, 2.24) is 10.3 Å². The highest BCUT2D eigenvalue weighted by Gasteiger charge is 2.20. The predicted octanol–water partition coefficient (Wildman–Crippen LogP) is 3.27. The maximum Gasteiger partial charge on any atom is 0.185 e. The molecule has 0 saturated carbocycles. The van der Waals surface area contributed by atoms with Crippen LogP contribution in [0.1, 0.15) is 44.2 Å². The number of nitrogens with zero attached hydrogens (tertiary/aromatic N) is 2. The van der Waals surface area contributed by atoms with Gasteiger partial charge in [-0.2, -0.15) is 0 Å². The zero-order chi connectivity index (χ0) is 15.2. The zero-order valence-electron chi connectivity index (χ0n) is 13.8. The van der Waals surface area contributed by atoms with Gasteiger partial charge in [-0.3, -0.25) is 0 Å². The summed E-state index contributed by atoms with van der Waals surface area (Å²) < 4.78 is 5.31. The average molecular weight is 311 g/mol. The molecule has 1 fully saturated rings. The molecule has 1 aliphatic heterocycles. The summed E-state index contributed by atoms with van der Waals surface area (Å²) >= 11 is 1.83. The van der Waals surface area contributed by atoms with Gasteiger partial charge in [0.2, 0.25) is 0 Å². The van der Waals surface area contributed by atoms with Crippen molar-refractivity contribution < 1.29 is 4.74 Å². The first-order valence-corrected chi connectivity index (χ1v) is 8.85. The van der Waals surface area contributed by atoms with Crippen molar-refractivity contribution in [2.75, 3.05) is 31.6 Å². The Balaban J connectivity index is 2.01. The van der Waals surface area contributed by atoms with Crippen LogP contribution in [0.3, 0.4) is 0 Å². The number of ether oxygens (including phenoxy) is 1. The molecular formula is C16H29N3OS. The molecule has 1 aromatic rings. The fourth-order valence-corrected chi connectivity index (χ4v) is 3.65. The second kappa shape index (κ2) is 8.11. The molecule has 1 N–H and O–H groups in total. The minimum absolute atomic E-state index is 0.611. The van der Waals surface area contributed by atoms with Crippen molar-refractivity contribution in [2.24, 2.45) is 11.8 Å². The van der Waals surface area contributed by atoms with Gasteiger partial charge in [0, 0.05) is 31.6 Å². The van der Waals surface area contributed by atoms with Crippen LogP contribution in [0.5, 0.6) is 0 Å². The Hall–Kier alpha value is -0.650. The minimum Gasteiger partial charge on any atom is -0.378 e. The second-order valence-electron chi connectivity index (χ2n) is 6.49. The van der Waals surface area contributed by atoms with Gasteiger partial charge in [0.05, 0.1) is 12.3 Å². The molecule has 5 heteroatoms. The van der Waals surface area contributed by atoms with Gasteiger partial charge in [-0.05, 0) is 31.2 Å². The first-order valence-electron chi connectivity index (χ1n) is 8.03. The molecule has 0 aliphatic carbocycles. The number of hydrogen-bond donors (Lipinski definition) is 1. The first-order chi connectivity index (χ1) is 10.1. The molecule has 120 valence electrons. The van der Waals surface area contributed by atoms with Crippen LogP contribution in [0.2, 0.25) is 0 Å². The average Bonchev–Trinajstić information content (AvgIpc) is 2.83. The van der Waals surface area contributed by atoms with Crippen molar-refractivity contribution in [3.8, 4) is 0 Å². The van der Waals surface area contributed by atoms with Crippen molar-refractivity contribution in [1.29, 1.82) is 0 Å². The van der Waals surface area contributed by atoms with E-state index < -0.39 is 0 Å². The third kappa shape index (κ3) is 4.94. The van der Waals surface area contributed by atoms with E-state index in [9.17, 15) is 0 Å². The van der Waals surface area contributed by atoms with Gasteiger partial charge in [0.15, 0.2) is 5.13 Å². The monoisotopic (exact) mass is 311 g/mol. The molecule has 1 aromatic heterocycles. The summed E-state index contributed by atoms with van der Waals surface area (Å²) in [6.07, 6.45) is 2.56. The standard InChI is InChI=1S/C16H29N3OS/c1-12(2)9-17-10-15-14(11-20-4)18-16(21-15)19-7-5-13(3)6-8-19/h12-13,17H,5-11H2,1-4H3. The molecular weight excluding hydrogens is 282 g/mol. The summed E-state index contributed by atoms with van der Waals surface area (Å²) in [4.78, 5) is 8.59. The maximum atomic E-state index is 5.31. The smallest absolute Gasteiger partial charge is 0.185 e. The summed E-state index contributed by atoms with van der Waals surface area (Å²) in [6.45, 7) is 11.6. The van der Waals surface area contributed by atoms with E-state index in [0.29, 0.717) is 12.5 Å². The van der Waals surface area contributed by atoms with Gasteiger partial charge in [-0.15, -0.1) is 11.3 Å². The lowest BCUT2D eigenvalue weighted by Gasteiger charge is -2.29. The molecule has 0 unspecified atom stereocenters. The highest BCUT2D eigenvalue weighted by Crippen LogP contribution is 2.30. The largest absolute Gasteiger partial charge is 0.378 e. The third-order valence-corrected chi connectivity index (χ3v) is 5.10. The van der Waals surface area contributed by atoms with E-state index in [2.05, 4.69) is 31.0 Å². The van der Waals surface area contributed by atoms with E-state index in [0.717, 1.165) is 37.8 Å². The summed E-state index contributed by atoms with van der Waals surface area (Å²) in [5.74, 6) is 1.53. The molecule has 4 nitrogen and oxygen atoms in total. The van der Waals surface area contributed by atoms with E-state index in [-0.39, 0.29) is 0 Å². The lowest BCUT2D eigenvalue weighted by molar-refractivity contribution is 0.181. The van der Waals surface area contributed by atoms with Crippen molar-refractivity contribution in [3.63, 3.8) is 0 Å². The molecule has 0 amide bonds. The SMILES string of the molecule is COCc1nc(N2CCC(C)CC2)sc1CNCC(C)C. The number of rotatable bonds is 7. The number of piperidine rings is 1. The molecule has 0 bridgehead atoms. The molecule has 2 rings (SSSR count). The summed E-state index contributed by atoms with van der Waals surface area (Å²) in [7, 11) is 1.74. The first kappa shape index (κ1) is 16.7. The van der Waals surface area contributed by atoms with E-state index in [1.165, 1.54) is 22.9 Å². The van der Waals surface area contributed by atoms with E-state index in [1.807, 2.05) is 11.3 Å². The maximum absolute atomic E-state index is 5.31. The van der Waals surface area contributed by atoms with Crippen LogP contribution < -0.4 is 10.2 Å². The third-order valence-electron chi connectivity index (χ3n) is 3.94. The highest BCUT2D eigenvalue weighted by molar-refractivity contribution is 7.15. The Morgan fingerprint density at radius 3 is 2.71 bits per heavy atom. The van der Waals surface area contributed by atoms with Crippen LogP contribution in [0, 0.1) is 11.8 Å². The highest BCUT2D eigenvalue weighted by atomic mass is 32.1. The molecule has 0 radical (unpaired) electrons. The number of anilines is 1. The fraction of sp³-hybridized carbons (Fsp3) is 0.812. The number of aromatic nitrogens is 1. The summed E-state index contributed by atoms with van der Waals surface area (Å²) in [5.41, 5.74) is 1.10. The molecule has 21 heavy (non-hydrogen) atoms. The Morgan fingerprint density at radius 1 is 1.38 bits per heavy atom. The molecule has 1 aliphatic rings. The van der Waals surface area contributed by atoms with Crippen molar-refractivity contribution in [3.05, 3.63) is 10.6 Å². The Kier molecular flexibility index (Phi) is 6.45. The Bertz CT molecular complexity index is 425. The lowest BCUT2D eigenvalue weighted by Crippen LogP contribution is -2.32.